The van der Waals surface area contributed by atoms with Crippen molar-refractivity contribution in [2.45, 2.75) is 63.1 Å². The lowest BCUT2D eigenvalue weighted by molar-refractivity contribution is -0.126. The average Bonchev–Trinajstić information content (AvgIpc) is 3.64. The highest BCUT2D eigenvalue weighted by molar-refractivity contribution is 5.98. The van der Waals surface area contributed by atoms with E-state index in [1.807, 2.05) is 42.2 Å². The fourth-order valence-corrected chi connectivity index (χ4v) is 5.32. The molecule has 3 aliphatic rings. The van der Waals surface area contributed by atoms with Crippen molar-refractivity contribution < 1.29 is 14.3 Å². The molecule has 1 aromatic heterocycles. The van der Waals surface area contributed by atoms with Crippen LogP contribution in [0.15, 0.2) is 36.5 Å². The van der Waals surface area contributed by atoms with Crippen LogP contribution in [0.3, 0.4) is 0 Å². The second-order valence-corrected chi connectivity index (χ2v) is 9.36. The molecule has 2 saturated heterocycles. The second-order valence-electron chi connectivity index (χ2n) is 9.36. The summed E-state index contributed by atoms with van der Waals surface area (Å²) in [5, 5.41) is 3.98. The number of piperidine rings is 1. The van der Waals surface area contributed by atoms with Crippen molar-refractivity contribution in [3.05, 3.63) is 42.1 Å². The minimum Gasteiger partial charge on any atom is -0.375 e. The quantitative estimate of drug-likeness (QED) is 0.795. The number of carbonyl (C=O) groups is 2. The van der Waals surface area contributed by atoms with Gasteiger partial charge in [-0.2, -0.15) is 0 Å². The Kier molecular flexibility index (Phi) is 5.76. The second kappa shape index (κ2) is 8.70. The number of aromatic nitrogens is 1. The highest BCUT2D eigenvalue weighted by Crippen LogP contribution is 2.40. The van der Waals surface area contributed by atoms with Crippen LogP contribution in [-0.4, -0.2) is 70.6 Å². The molecule has 5 rings (SSSR count). The molecule has 3 fully saturated rings. The van der Waals surface area contributed by atoms with Crippen molar-refractivity contribution in [1.82, 2.24) is 20.1 Å². The standard InChI is InChI=1S/C25H32N4O3/c1-2-26-24(31)29(20-6-7-20)21-9-15-32-25(17-21)10-13-28(14-11-25)23(30)19-5-8-22-18(16-19)4-3-12-27-22/h3-5,8,12,16,20-21H,2,6-7,9-11,13-15,17H2,1H3,(H,26,31). The highest BCUT2D eigenvalue weighted by atomic mass is 16.5. The topological polar surface area (TPSA) is 74.8 Å². The van der Waals surface area contributed by atoms with Gasteiger partial charge in [0, 0.05) is 55.5 Å². The van der Waals surface area contributed by atoms with Gasteiger partial charge >= 0.3 is 6.03 Å². The molecule has 1 atom stereocenters. The lowest BCUT2D eigenvalue weighted by atomic mass is 9.81. The van der Waals surface area contributed by atoms with Crippen molar-refractivity contribution >= 4 is 22.8 Å². The summed E-state index contributed by atoms with van der Waals surface area (Å²) in [4.78, 5) is 34.2. The van der Waals surface area contributed by atoms with Crippen LogP contribution in [0, 0.1) is 0 Å². The van der Waals surface area contributed by atoms with Crippen LogP contribution < -0.4 is 5.32 Å². The largest absolute Gasteiger partial charge is 0.375 e. The van der Waals surface area contributed by atoms with Crippen LogP contribution in [0.2, 0.25) is 0 Å². The Balaban J connectivity index is 1.24. The van der Waals surface area contributed by atoms with Gasteiger partial charge in [-0.3, -0.25) is 9.78 Å². The Morgan fingerprint density at radius 3 is 2.75 bits per heavy atom. The maximum atomic E-state index is 13.1. The number of hydrogen-bond acceptors (Lipinski definition) is 4. The van der Waals surface area contributed by atoms with Crippen molar-refractivity contribution in [2.24, 2.45) is 0 Å². The number of amides is 3. The third-order valence-corrected chi connectivity index (χ3v) is 7.17. The number of carbonyl (C=O) groups excluding carboxylic acids is 2. The maximum absolute atomic E-state index is 13.1. The molecule has 3 amide bonds. The van der Waals surface area contributed by atoms with Gasteiger partial charge in [0.05, 0.1) is 11.1 Å². The zero-order valence-electron chi connectivity index (χ0n) is 18.8. The predicted molar refractivity (Wildman–Crippen MR) is 123 cm³/mol. The van der Waals surface area contributed by atoms with E-state index in [4.69, 9.17) is 4.74 Å². The number of ether oxygens (including phenoxy) is 1. The Bertz CT molecular complexity index is 998. The van der Waals surface area contributed by atoms with Gasteiger partial charge in [0.15, 0.2) is 0 Å². The predicted octanol–water partition coefficient (Wildman–Crippen LogP) is 3.58. The molecule has 1 N–H and O–H groups in total. The first-order valence-corrected chi connectivity index (χ1v) is 11.9. The molecular formula is C25H32N4O3. The molecule has 2 aromatic rings. The Morgan fingerprint density at radius 1 is 1.19 bits per heavy atom. The van der Waals surface area contributed by atoms with Crippen molar-refractivity contribution in [2.75, 3.05) is 26.2 Å². The number of nitrogens with one attached hydrogen (secondary N) is 1. The number of benzene rings is 1. The van der Waals surface area contributed by atoms with Crippen LogP contribution in [-0.2, 0) is 4.74 Å². The summed E-state index contributed by atoms with van der Waals surface area (Å²) in [5.41, 5.74) is 1.38. The molecule has 170 valence electrons. The number of rotatable bonds is 4. The van der Waals surface area contributed by atoms with E-state index in [2.05, 4.69) is 15.2 Å². The van der Waals surface area contributed by atoms with Gasteiger partial charge in [0.1, 0.15) is 0 Å². The molecular weight excluding hydrogens is 404 g/mol. The fraction of sp³-hybridized carbons (Fsp3) is 0.560. The first-order valence-electron chi connectivity index (χ1n) is 11.9. The van der Waals surface area contributed by atoms with E-state index < -0.39 is 0 Å². The van der Waals surface area contributed by atoms with E-state index in [0.717, 1.165) is 49.4 Å². The Morgan fingerprint density at radius 2 is 2.00 bits per heavy atom. The molecule has 7 heteroatoms. The van der Waals surface area contributed by atoms with E-state index >= 15 is 0 Å². The Hall–Kier alpha value is -2.67. The Labute approximate surface area is 189 Å². The SMILES string of the molecule is CCNC(=O)N(C1CC1)C1CCOC2(CCN(C(=O)c3ccc4ncccc4c3)CC2)C1. The zero-order chi connectivity index (χ0) is 22.1. The van der Waals surface area contributed by atoms with Crippen molar-refractivity contribution in [3.8, 4) is 0 Å². The van der Waals surface area contributed by atoms with Gasteiger partial charge in [-0.15, -0.1) is 0 Å². The lowest BCUT2D eigenvalue weighted by Gasteiger charge is -2.48. The van der Waals surface area contributed by atoms with Crippen LogP contribution in [0.1, 0.15) is 55.8 Å². The van der Waals surface area contributed by atoms with Gasteiger partial charge in [0.2, 0.25) is 0 Å². The van der Waals surface area contributed by atoms with Crippen LogP contribution in [0.25, 0.3) is 10.9 Å². The number of hydrogen-bond donors (Lipinski definition) is 1. The summed E-state index contributed by atoms with van der Waals surface area (Å²) in [6.07, 6.45) is 7.36. The van der Waals surface area contributed by atoms with E-state index in [1.54, 1.807) is 6.20 Å². The number of likely N-dealkylation sites (tertiary alicyclic amines) is 1. The monoisotopic (exact) mass is 436 g/mol. The van der Waals surface area contributed by atoms with E-state index in [1.165, 1.54) is 0 Å². The first kappa shape index (κ1) is 21.2. The minimum absolute atomic E-state index is 0.0652. The van der Waals surface area contributed by atoms with Crippen LogP contribution in [0.4, 0.5) is 4.79 Å². The zero-order valence-corrected chi connectivity index (χ0v) is 18.8. The van der Waals surface area contributed by atoms with E-state index in [9.17, 15) is 9.59 Å². The molecule has 7 nitrogen and oxygen atoms in total. The van der Waals surface area contributed by atoms with Gasteiger partial charge < -0.3 is 19.9 Å². The van der Waals surface area contributed by atoms with Crippen LogP contribution in [0.5, 0.6) is 0 Å². The number of nitrogens with zero attached hydrogens (tertiary/aromatic N) is 3. The molecule has 32 heavy (non-hydrogen) atoms. The lowest BCUT2D eigenvalue weighted by Crippen LogP contribution is -2.57. The first-order chi connectivity index (χ1) is 15.6. The van der Waals surface area contributed by atoms with Gasteiger partial charge in [-0.05, 0) is 69.7 Å². The summed E-state index contributed by atoms with van der Waals surface area (Å²) in [7, 11) is 0. The maximum Gasteiger partial charge on any atom is 0.317 e. The third-order valence-electron chi connectivity index (χ3n) is 7.17. The summed E-state index contributed by atoms with van der Waals surface area (Å²) in [5.74, 6) is 0.0693. The highest BCUT2D eigenvalue weighted by Gasteiger charge is 2.46. The molecule has 1 spiro atoms. The van der Waals surface area contributed by atoms with Gasteiger partial charge in [0.25, 0.3) is 5.91 Å². The molecule has 0 radical (unpaired) electrons. The smallest absolute Gasteiger partial charge is 0.317 e. The van der Waals surface area contributed by atoms with E-state index in [-0.39, 0.29) is 23.6 Å². The van der Waals surface area contributed by atoms with Gasteiger partial charge in [-0.1, -0.05) is 6.07 Å². The van der Waals surface area contributed by atoms with Gasteiger partial charge in [-0.25, -0.2) is 4.79 Å². The molecule has 1 unspecified atom stereocenters. The van der Waals surface area contributed by atoms with Crippen molar-refractivity contribution in [3.63, 3.8) is 0 Å². The van der Waals surface area contributed by atoms with E-state index in [0.29, 0.717) is 37.8 Å². The normalized spacial score (nSPS) is 22.7. The summed E-state index contributed by atoms with van der Waals surface area (Å²) in [6, 6.07) is 10.3. The summed E-state index contributed by atoms with van der Waals surface area (Å²) < 4.78 is 6.31. The molecule has 0 bridgehead atoms. The van der Waals surface area contributed by atoms with Crippen molar-refractivity contribution in [1.29, 1.82) is 0 Å². The third kappa shape index (κ3) is 4.18. The molecule has 3 heterocycles. The molecule has 2 aliphatic heterocycles. The van der Waals surface area contributed by atoms with Crippen LogP contribution >= 0.6 is 0 Å². The summed E-state index contributed by atoms with van der Waals surface area (Å²) in [6.45, 7) is 4.66. The average molecular weight is 437 g/mol. The molecule has 1 aliphatic carbocycles. The molecule has 1 aromatic carbocycles. The number of urea groups is 1. The fourth-order valence-electron chi connectivity index (χ4n) is 5.32. The summed E-state index contributed by atoms with van der Waals surface area (Å²) >= 11 is 0. The minimum atomic E-state index is -0.230. The molecule has 1 saturated carbocycles. The number of fused-ring (bicyclic) bond motifs is 1. The number of pyridine rings is 1.